The van der Waals surface area contributed by atoms with E-state index in [0.29, 0.717) is 11.6 Å². The van der Waals surface area contributed by atoms with E-state index in [4.69, 9.17) is 4.52 Å². The van der Waals surface area contributed by atoms with Crippen molar-refractivity contribution in [2.24, 2.45) is 0 Å². The van der Waals surface area contributed by atoms with Gasteiger partial charge in [-0.3, -0.25) is 4.90 Å². The summed E-state index contributed by atoms with van der Waals surface area (Å²) in [6.07, 6.45) is 8.94. The molecule has 1 unspecified atom stereocenters. The minimum Gasteiger partial charge on any atom is -0.343 e. The second kappa shape index (κ2) is 5.59. The highest BCUT2D eigenvalue weighted by Gasteiger charge is 2.40. The summed E-state index contributed by atoms with van der Waals surface area (Å²) < 4.78 is 4.81. The van der Waals surface area contributed by atoms with Crippen LogP contribution in [0.25, 0.3) is 0 Å². The minimum atomic E-state index is 0.392. The normalized spacial score (nSPS) is 27.1. The van der Waals surface area contributed by atoms with Gasteiger partial charge < -0.3 is 9.84 Å². The van der Waals surface area contributed by atoms with Gasteiger partial charge in [0.25, 0.3) is 0 Å². The summed E-state index contributed by atoms with van der Waals surface area (Å²) in [7, 11) is 0. The Morgan fingerprint density at radius 1 is 1.47 bits per heavy atom. The molecule has 0 bridgehead atoms. The Kier molecular flexibility index (Phi) is 3.84. The Hall–Kier alpha value is -0.940. The van der Waals surface area contributed by atoms with Crippen molar-refractivity contribution in [3.05, 3.63) is 12.2 Å². The van der Waals surface area contributed by atoms with Gasteiger partial charge in [0, 0.05) is 37.6 Å². The smallest absolute Gasteiger partial charge is 0.213 e. The predicted molar refractivity (Wildman–Crippen MR) is 72.9 cm³/mol. The first-order chi connectivity index (χ1) is 9.31. The molecule has 1 aromatic heterocycles. The molecular formula is C14H24N4O. The molecule has 1 N–H and O–H groups in total. The first-order valence-electron chi connectivity index (χ1n) is 7.56. The van der Waals surface area contributed by atoms with Crippen LogP contribution in [0, 0.1) is 0 Å². The molecular weight excluding hydrogens is 240 g/mol. The lowest BCUT2D eigenvalue weighted by Gasteiger charge is -2.46. The van der Waals surface area contributed by atoms with Crippen LogP contribution in [0.2, 0.25) is 0 Å². The molecule has 1 aliphatic carbocycles. The van der Waals surface area contributed by atoms with E-state index in [9.17, 15) is 0 Å². The third kappa shape index (κ3) is 2.82. The van der Waals surface area contributed by atoms with Crippen molar-refractivity contribution >= 4 is 0 Å². The Balaban J connectivity index is 1.62. The molecule has 1 aromatic rings. The first-order valence-corrected chi connectivity index (χ1v) is 7.56. The second-order valence-corrected chi connectivity index (χ2v) is 6.00. The van der Waals surface area contributed by atoms with Crippen molar-refractivity contribution in [3.8, 4) is 0 Å². The lowest BCUT2D eigenvalue weighted by molar-refractivity contribution is 0.0788. The molecule has 2 heterocycles. The van der Waals surface area contributed by atoms with Gasteiger partial charge in [0.2, 0.25) is 6.39 Å². The van der Waals surface area contributed by atoms with E-state index in [0.717, 1.165) is 25.3 Å². The number of rotatable bonds is 4. The van der Waals surface area contributed by atoms with Gasteiger partial charge in [-0.2, -0.15) is 4.98 Å². The minimum absolute atomic E-state index is 0.392. The average Bonchev–Trinajstić information content (AvgIpc) is 3.09. The van der Waals surface area contributed by atoms with Crippen LogP contribution in [-0.4, -0.2) is 46.3 Å². The van der Waals surface area contributed by atoms with E-state index in [1.54, 1.807) is 0 Å². The maximum Gasteiger partial charge on any atom is 0.213 e. The Morgan fingerprint density at radius 2 is 2.32 bits per heavy atom. The van der Waals surface area contributed by atoms with Gasteiger partial charge in [-0.1, -0.05) is 24.9 Å². The average molecular weight is 264 g/mol. The van der Waals surface area contributed by atoms with E-state index in [1.165, 1.54) is 45.0 Å². The van der Waals surface area contributed by atoms with Gasteiger partial charge in [-0.25, -0.2) is 0 Å². The molecule has 1 saturated heterocycles. The third-order valence-electron chi connectivity index (χ3n) is 4.80. The Morgan fingerprint density at radius 3 is 3.00 bits per heavy atom. The Labute approximate surface area is 114 Å². The molecule has 2 aliphatic rings. The lowest BCUT2D eigenvalue weighted by atomic mass is 9.91. The summed E-state index contributed by atoms with van der Waals surface area (Å²) >= 11 is 0. The van der Waals surface area contributed by atoms with Gasteiger partial charge in [-0.15, -0.1) is 0 Å². The summed E-state index contributed by atoms with van der Waals surface area (Å²) in [6.45, 7) is 5.63. The fraction of sp³-hybridized carbons (Fsp3) is 0.857. The molecule has 1 saturated carbocycles. The molecule has 1 atom stereocenters. The van der Waals surface area contributed by atoms with Crippen molar-refractivity contribution in [1.29, 1.82) is 0 Å². The zero-order valence-electron chi connectivity index (χ0n) is 11.8. The number of aromatic nitrogens is 2. The molecule has 0 amide bonds. The van der Waals surface area contributed by atoms with Gasteiger partial charge in [0.05, 0.1) is 0 Å². The fourth-order valence-electron chi connectivity index (χ4n) is 3.63. The molecule has 3 rings (SSSR count). The fourth-order valence-corrected chi connectivity index (χ4v) is 3.63. The van der Waals surface area contributed by atoms with Crippen LogP contribution < -0.4 is 5.32 Å². The van der Waals surface area contributed by atoms with E-state index in [1.807, 2.05) is 0 Å². The molecule has 5 nitrogen and oxygen atoms in total. The van der Waals surface area contributed by atoms with E-state index in [-0.39, 0.29) is 0 Å². The van der Waals surface area contributed by atoms with Crippen LogP contribution >= 0.6 is 0 Å². The maximum atomic E-state index is 4.81. The van der Waals surface area contributed by atoms with Gasteiger partial charge in [0.15, 0.2) is 5.82 Å². The topological polar surface area (TPSA) is 54.2 Å². The third-order valence-corrected chi connectivity index (χ3v) is 4.80. The largest absolute Gasteiger partial charge is 0.343 e. The predicted octanol–water partition coefficient (Wildman–Crippen LogP) is 1.61. The first kappa shape index (κ1) is 13.1. The van der Waals surface area contributed by atoms with Crippen LogP contribution in [0.5, 0.6) is 0 Å². The van der Waals surface area contributed by atoms with Gasteiger partial charge in [-0.05, 0) is 19.3 Å². The van der Waals surface area contributed by atoms with Crippen molar-refractivity contribution in [1.82, 2.24) is 20.4 Å². The number of nitrogens with zero attached hydrogens (tertiary/aromatic N) is 3. The molecule has 5 heteroatoms. The van der Waals surface area contributed by atoms with Crippen molar-refractivity contribution < 1.29 is 4.52 Å². The SMILES string of the molecule is CCC1CNC2(CCCC2)CN1CCc1ncon1. The zero-order valence-corrected chi connectivity index (χ0v) is 11.8. The van der Waals surface area contributed by atoms with E-state index >= 15 is 0 Å². The number of hydrogen-bond donors (Lipinski definition) is 1. The quantitative estimate of drug-likeness (QED) is 0.895. The second-order valence-electron chi connectivity index (χ2n) is 6.00. The van der Waals surface area contributed by atoms with Crippen LogP contribution in [0.15, 0.2) is 10.9 Å². The summed E-state index contributed by atoms with van der Waals surface area (Å²) in [5.41, 5.74) is 0.392. The number of nitrogens with one attached hydrogen (secondary N) is 1. The van der Waals surface area contributed by atoms with Crippen LogP contribution in [0.3, 0.4) is 0 Å². The molecule has 106 valence electrons. The number of piperazine rings is 1. The summed E-state index contributed by atoms with van der Waals surface area (Å²) in [6, 6.07) is 0.651. The lowest BCUT2D eigenvalue weighted by Crippen LogP contribution is -2.63. The zero-order chi connectivity index (χ0) is 13.1. The maximum absolute atomic E-state index is 4.81. The van der Waals surface area contributed by atoms with Crippen molar-refractivity contribution in [2.45, 2.75) is 57.0 Å². The molecule has 1 spiro atoms. The molecule has 2 fully saturated rings. The van der Waals surface area contributed by atoms with Crippen LogP contribution in [0.1, 0.15) is 44.9 Å². The summed E-state index contributed by atoms with van der Waals surface area (Å²) in [5.74, 6) is 0.828. The molecule has 0 aromatic carbocycles. The number of hydrogen-bond acceptors (Lipinski definition) is 5. The highest BCUT2D eigenvalue weighted by molar-refractivity contribution is 5.01. The van der Waals surface area contributed by atoms with Crippen molar-refractivity contribution in [3.63, 3.8) is 0 Å². The molecule has 1 aliphatic heterocycles. The standard InChI is InChI=1S/C14H24N4O/c1-2-12-9-16-14(6-3-4-7-14)10-18(12)8-5-13-15-11-19-17-13/h11-12,16H,2-10H2,1H3. The van der Waals surface area contributed by atoms with Gasteiger partial charge in [0.1, 0.15) is 0 Å². The summed E-state index contributed by atoms with van der Waals surface area (Å²) in [5, 5.41) is 7.74. The van der Waals surface area contributed by atoms with Gasteiger partial charge >= 0.3 is 0 Å². The highest BCUT2D eigenvalue weighted by Crippen LogP contribution is 2.33. The van der Waals surface area contributed by atoms with Crippen LogP contribution in [0.4, 0.5) is 0 Å². The highest BCUT2D eigenvalue weighted by atomic mass is 16.5. The van der Waals surface area contributed by atoms with Crippen LogP contribution in [-0.2, 0) is 6.42 Å². The monoisotopic (exact) mass is 264 g/mol. The van der Waals surface area contributed by atoms with E-state index < -0.39 is 0 Å². The van der Waals surface area contributed by atoms with Crippen molar-refractivity contribution in [2.75, 3.05) is 19.6 Å². The summed E-state index contributed by atoms with van der Waals surface area (Å²) in [4.78, 5) is 6.76. The molecule has 19 heavy (non-hydrogen) atoms. The Bertz CT molecular complexity index is 386. The molecule has 0 radical (unpaired) electrons. The van der Waals surface area contributed by atoms with E-state index in [2.05, 4.69) is 27.3 Å².